The molecule has 0 amide bonds. The van der Waals surface area contributed by atoms with Gasteiger partial charge in [0.1, 0.15) is 0 Å². The van der Waals surface area contributed by atoms with Crippen LogP contribution >= 0.6 is 11.6 Å². The Morgan fingerprint density at radius 3 is 2.50 bits per heavy atom. The topological polar surface area (TPSA) is 57.5 Å². The Kier molecular flexibility index (Phi) is 3.03. The summed E-state index contributed by atoms with van der Waals surface area (Å²) in [5.74, 6) is -4.41. The van der Waals surface area contributed by atoms with E-state index >= 15 is 0 Å². The Bertz CT molecular complexity index is 381. The zero-order chi connectivity index (χ0) is 10.9. The maximum absolute atomic E-state index is 13.0. The molecular formula is C8H5ClF2O3. The van der Waals surface area contributed by atoms with Crippen LogP contribution in [0.5, 0.6) is 0 Å². The molecule has 76 valence electrons. The molecule has 0 aliphatic rings. The number of aliphatic hydroxyl groups excluding tert-OH is 1. The minimum absolute atomic E-state index is 0.334. The van der Waals surface area contributed by atoms with Crippen molar-refractivity contribution in [2.24, 2.45) is 0 Å². The van der Waals surface area contributed by atoms with Gasteiger partial charge in [0.15, 0.2) is 17.7 Å². The van der Waals surface area contributed by atoms with Crippen molar-refractivity contribution < 1.29 is 23.8 Å². The lowest BCUT2D eigenvalue weighted by molar-refractivity contribution is -0.147. The van der Waals surface area contributed by atoms with E-state index in [-0.39, 0.29) is 5.02 Å². The van der Waals surface area contributed by atoms with Crippen molar-refractivity contribution in [1.82, 2.24) is 0 Å². The van der Waals surface area contributed by atoms with E-state index in [1.807, 2.05) is 0 Å². The highest BCUT2D eigenvalue weighted by Gasteiger charge is 2.25. The van der Waals surface area contributed by atoms with Crippen LogP contribution in [0.15, 0.2) is 12.1 Å². The van der Waals surface area contributed by atoms with E-state index in [2.05, 4.69) is 0 Å². The first kappa shape index (κ1) is 10.9. The molecule has 0 heterocycles. The molecule has 0 aliphatic carbocycles. The number of carbonyl (C=O) groups is 1. The fourth-order valence-electron chi connectivity index (χ4n) is 0.917. The average Bonchev–Trinajstić information content (AvgIpc) is 2.12. The van der Waals surface area contributed by atoms with Gasteiger partial charge in [-0.3, -0.25) is 0 Å². The predicted molar refractivity (Wildman–Crippen MR) is 44.0 cm³/mol. The highest BCUT2D eigenvalue weighted by atomic mass is 35.5. The van der Waals surface area contributed by atoms with Crippen LogP contribution in [-0.4, -0.2) is 16.2 Å². The van der Waals surface area contributed by atoms with Gasteiger partial charge in [0.25, 0.3) is 0 Å². The van der Waals surface area contributed by atoms with E-state index in [1.54, 1.807) is 0 Å². The van der Waals surface area contributed by atoms with Crippen LogP contribution in [0.2, 0.25) is 5.02 Å². The van der Waals surface area contributed by atoms with Crippen molar-refractivity contribution in [2.75, 3.05) is 0 Å². The highest BCUT2D eigenvalue weighted by molar-refractivity contribution is 6.31. The molecule has 0 aliphatic heterocycles. The molecule has 3 nitrogen and oxygen atoms in total. The van der Waals surface area contributed by atoms with Gasteiger partial charge in [-0.1, -0.05) is 11.6 Å². The summed E-state index contributed by atoms with van der Waals surface area (Å²) < 4.78 is 25.6. The number of rotatable bonds is 2. The molecule has 0 saturated carbocycles. The largest absolute Gasteiger partial charge is 0.479 e. The Balaban J connectivity index is 3.32. The third-order valence-corrected chi connectivity index (χ3v) is 1.92. The van der Waals surface area contributed by atoms with E-state index in [9.17, 15) is 13.6 Å². The number of carboxylic acids is 1. The van der Waals surface area contributed by atoms with Crippen LogP contribution in [0.25, 0.3) is 0 Å². The molecule has 0 aromatic heterocycles. The first-order valence-electron chi connectivity index (χ1n) is 3.49. The number of aliphatic carboxylic acids is 1. The van der Waals surface area contributed by atoms with Crippen LogP contribution < -0.4 is 0 Å². The Labute approximate surface area is 82.5 Å². The lowest BCUT2D eigenvalue weighted by Gasteiger charge is -2.09. The second-order valence-electron chi connectivity index (χ2n) is 2.50. The van der Waals surface area contributed by atoms with Gasteiger partial charge in [-0.25, -0.2) is 13.6 Å². The molecule has 2 N–H and O–H groups in total. The average molecular weight is 223 g/mol. The van der Waals surface area contributed by atoms with Gasteiger partial charge in [-0.05, 0) is 12.1 Å². The second-order valence-corrected chi connectivity index (χ2v) is 2.90. The highest BCUT2D eigenvalue weighted by Crippen LogP contribution is 2.27. The summed E-state index contributed by atoms with van der Waals surface area (Å²) in [4.78, 5) is 10.3. The van der Waals surface area contributed by atoms with E-state index in [0.29, 0.717) is 0 Å². The van der Waals surface area contributed by atoms with E-state index in [1.165, 1.54) is 0 Å². The molecule has 1 aromatic rings. The predicted octanol–water partition coefficient (Wildman–Crippen LogP) is 1.74. The quantitative estimate of drug-likeness (QED) is 0.750. The number of carboxylic acid groups (broad SMARTS) is 1. The van der Waals surface area contributed by atoms with E-state index < -0.39 is 29.3 Å². The Morgan fingerprint density at radius 2 is 2.00 bits per heavy atom. The minimum atomic E-state index is -2.17. The van der Waals surface area contributed by atoms with Crippen molar-refractivity contribution in [3.63, 3.8) is 0 Å². The van der Waals surface area contributed by atoms with E-state index in [4.69, 9.17) is 21.8 Å². The lowest BCUT2D eigenvalue weighted by atomic mass is 10.1. The molecule has 1 atom stereocenters. The van der Waals surface area contributed by atoms with Crippen LogP contribution in [-0.2, 0) is 4.79 Å². The van der Waals surface area contributed by atoms with Gasteiger partial charge in [0.05, 0.1) is 5.02 Å². The van der Waals surface area contributed by atoms with Crippen LogP contribution in [0.1, 0.15) is 11.7 Å². The van der Waals surface area contributed by atoms with Crippen LogP contribution in [0.4, 0.5) is 8.78 Å². The molecular weight excluding hydrogens is 218 g/mol. The Hall–Kier alpha value is -1.20. The SMILES string of the molecule is O=C(O)C(O)c1c(Cl)ccc(F)c1F. The Morgan fingerprint density at radius 1 is 1.43 bits per heavy atom. The lowest BCUT2D eigenvalue weighted by Crippen LogP contribution is -2.13. The molecule has 14 heavy (non-hydrogen) atoms. The van der Waals surface area contributed by atoms with Gasteiger partial charge in [0, 0.05) is 5.56 Å². The third kappa shape index (κ3) is 1.83. The number of aliphatic hydroxyl groups is 1. The van der Waals surface area contributed by atoms with Crippen molar-refractivity contribution in [3.05, 3.63) is 34.4 Å². The summed E-state index contributed by atoms with van der Waals surface area (Å²) in [7, 11) is 0. The summed E-state index contributed by atoms with van der Waals surface area (Å²) in [5.41, 5.74) is -0.765. The van der Waals surface area contributed by atoms with Crippen molar-refractivity contribution in [2.45, 2.75) is 6.10 Å². The first-order chi connectivity index (χ1) is 6.45. The smallest absolute Gasteiger partial charge is 0.337 e. The molecule has 1 aromatic carbocycles. The summed E-state index contributed by atoms with van der Waals surface area (Å²) in [6.45, 7) is 0. The number of hydrogen-bond donors (Lipinski definition) is 2. The zero-order valence-corrected chi connectivity index (χ0v) is 7.42. The summed E-state index contributed by atoms with van der Waals surface area (Å²) in [6.07, 6.45) is -2.17. The second kappa shape index (κ2) is 3.89. The number of hydrogen-bond acceptors (Lipinski definition) is 2. The fraction of sp³-hybridized carbons (Fsp3) is 0.125. The standard InChI is InChI=1S/C8H5ClF2O3/c9-3-1-2-4(10)6(11)5(3)7(12)8(13)14/h1-2,7,12H,(H,13,14). The van der Waals surface area contributed by atoms with Gasteiger partial charge in [-0.2, -0.15) is 0 Å². The maximum Gasteiger partial charge on any atom is 0.337 e. The summed E-state index contributed by atoms with van der Waals surface area (Å²) in [6, 6.07) is 1.72. The summed E-state index contributed by atoms with van der Waals surface area (Å²) in [5, 5.41) is 17.0. The molecule has 0 saturated heterocycles. The maximum atomic E-state index is 13.0. The minimum Gasteiger partial charge on any atom is -0.479 e. The van der Waals surface area contributed by atoms with Crippen LogP contribution in [0.3, 0.4) is 0 Å². The normalized spacial score (nSPS) is 12.6. The zero-order valence-electron chi connectivity index (χ0n) is 6.67. The summed E-state index contributed by atoms with van der Waals surface area (Å²) >= 11 is 5.41. The van der Waals surface area contributed by atoms with Crippen molar-refractivity contribution in [1.29, 1.82) is 0 Å². The van der Waals surface area contributed by atoms with Crippen LogP contribution in [0, 0.1) is 11.6 Å². The first-order valence-corrected chi connectivity index (χ1v) is 3.87. The van der Waals surface area contributed by atoms with Gasteiger partial charge in [-0.15, -0.1) is 0 Å². The van der Waals surface area contributed by atoms with Crippen molar-refractivity contribution >= 4 is 17.6 Å². The number of benzene rings is 1. The van der Waals surface area contributed by atoms with E-state index in [0.717, 1.165) is 12.1 Å². The molecule has 0 fully saturated rings. The fourth-order valence-corrected chi connectivity index (χ4v) is 1.17. The monoisotopic (exact) mass is 222 g/mol. The van der Waals surface area contributed by atoms with Crippen molar-refractivity contribution in [3.8, 4) is 0 Å². The molecule has 1 rings (SSSR count). The molecule has 0 bridgehead atoms. The van der Waals surface area contributed by atoms with Gasteiger partial charge < -0.3 is 10.2 Å². The molecule has 0 radical (unpaired) electrons. The molecule has 1 unspecified atom stereocenters. The van der Waals surface area contributed by atoms with Gasteiger partial charge in [0.2, 0.25) is 0 Å². The third-order valence-electron chi connectivity index (χ3n) is 1.59. The molecule has 6 heteroatoms. The van der Waals surface area contributed by atoms with Gasteiger partial charge >= 0.3 is 5.97 Å². The molecule has 0 spiro atoms. The number of halogens is 3.